The van der Waals surface area contributed by atoms with E-state index in [-0.39, 0.29) is 18.0 Å². The van der Waals surface area contributed by atoms with Crippen LogP contribution < -0.4 is 20.3 Å². The van der Waals surface area contributed by atoms with Crippen molar-refractivity contribution in [3.8, 4) is 11.5 Å². The van der Waals surface area contributed by atoms with Crippen LogP contribution >= 0.6 is 11.6 Å². The second-order valence-corrected chi connectivity index (χ2v) is 6.80. The molecule has 0 radical (unpaired) electrons. The van der Waals surface area contributed by atoms with Gasteiger partial charge in [-0.25, -0.2) is 4.98 Å². The average molecular weight is 400 g/mol. The van der Waals surface area contributed by atoms with E-state index in [4.69, 9.17) is 21.1 Å². The Kier molecular flexibility index (Phi) is 5.16. The molecule has 8 heteroatoms. The zero-order valence-corrected chi connectivity index (χ0v) is 15.7. The highest BCUT2D eigenvalue weighted by molar-refractivity contribution is 6.32. The zero-order chi connectivity index (χ0) is 19.5. The molecular weight excluding hydrogens is 382 g/mol. The SMILES string of the molecule is O=C(Cn1cnc2ccccc2c1=O)NCCc1cc(Cl)c2c(c1)OCCO2. The van der Waals surface area contributed by atoms with Gasteiger partial charge in [0.15, 0.2) is 11.5 Å². The van der Waals surface area contributed by atoms with Gasteiger partial charge in [0.05, 0.1) is 22.3 Å². The molecule has 7 nitrogen and oxygen atoms in total. The summed E-state index contributed by atoms with van der Waals surface area (Å²) in [5, 5.41) is 3.80. The van der Waals surface area contributed by atoms with E-state index in [0.717, 1.165) is 5.56 Å². The number of nitrogens with zero attached hydrogens (tertiary/aromatic N) is 2. The van der Waals surface area contributed by atoms with Crippen molar-refractivity contribution < 1.29 is 14.3 Å². The highest BCUT2D eigenvalue weighted by Gasteiger charge is 2.16. The summed E-state index contributed by atoms with van der Waals surface area (Å²) in [6.45, 7) is 1.28. The number of para-hydroxylation sites is 1. The molecule has 0 saturated carbocycles. The lowest BCUT2D eigenvalue weighted by atomic mass is 10.1. The van der Waals surface area contributed by atoms with Gasteiger partial charge in [-0.15, -0.1) is 0 Å². The number of halogens is 1. The van der Waals surface area contributed by atoms with Crippen LogP contribution in [0.15, 0.2) is 47.5 Å². The van der Waals surface area contributed by atoms with Crippen LogP contribution in [-0.2, 0) is 17.8 Å². The number of amides is 1. The number of nitrogens with one attached hydrogen (secondary N) is 1. The van der Waals surface area contributed by atoms with Crippen molar-refractivity contribution in [1.29, 1.82) is 0 Å². The lowest BCUT2D eigenvalue weighted by molar-refractivity contribution is -0.121. The van der Waals surface area contributed by atoms with Crippen molar-refractivity contribution in [2.24, 2.45) is 0 Å². The summed E-state index contributed by atoms with van der Waals surface area (Å²) in [5.74, 6) is 0.917. The molecule has 3 aromatic rings. The molecule has 1 aliphatic heterocycles. The summed E-state index contributed by atoms with van der Waals surface area (Å²) >= 11 is 6.22. The fourth-order valence-corrected chi connectivity index (χ4v) is 3.37. The van der Waals surface area contributed by atoms with Crippen LogP contribution in [0.5, 0.6) is 11.5 Å². The average Bonchev–Trinajstić information content (AvgIpc) is 2.70. The van der Waals surface area contributed by atoms with Gasteiger partial charge < -0.3 is 14.8 Å². The Morgan fingerprint density at radius 2 is 2.04 bits per heavy atom. The summed E-state index contributed by atoms with van der Waals surface area (Å²) in [6, 6.07) is 10.7. The van der Waals surface area contributed by atoms with Gasteiger partial charge in [-0.3, -0.25) is 14.2 Å². The normalized spacial score (nSPS) is 12.8. The van der Waals surface area contributed by atoms with E-state index in [9.17, 15) is 9.59 Å². The maximum Gasteiger partial charge on any atom is 0.261 e. The minimum atomic E-state index is -0.261. The van der Waals surface area contributed by atoms with Crippen LogP contribution in [0.1, 0.15) is 5.56 Å². The number of fused-ring (bicyclic) bond motifs is 2. The summed E-state index contributed by atoms with van der Waals surface area (Å²) in [4.78, 5) is 28.9. The minimum absolute atomic E-state index is 0.0848. The van der Waals surface area contributed by atoms with Gasteiger partial charge in [0.25, 0.3) is 5.56 Å². The highest BCUT2D eigenvalue weighted by Crippen LogP contribution is 2.38. The molecule has 0 fully saturated rings. The van der Waals surface area contributed by atoms with Gasteiger partial charge in [-0.1, -0.05) is 23.7 Å². The number of ether oxygens (including phenoxy) is 2. The molecule has 0 bridgehead atoms. The molecule has 0 saturated heterocycles. The van der Waals surface area contributed by atoms with E-state index in [1.807, 2.05) is 12.1 Å². The molecule has 4 rings (SSSR count). The fourth-order valence-electron chi connectivity index (χ4n) is 3.08. The van der Waals surface area contributed by atoms with Crippen LogP contribution in [0.2, 0.25) is 5.02 Å². The zero-order valence-electron chi connectivity index (χ0n) is 15.0. The molecule has 1 N–H and O–H groups in total. The first-order chi connectivity index (χ1) is 13.6. The quantitative estimate of drug-likeness (QED) is 0.711. The Balaban J connectivity index is 1.37. The largest absolute Gasteiger partial charge is 0.486 e. The molecule has 28 heavy (non-hydrogen) atoms. The van der Waals surface area contributed by atoms with Crippen molar-refractivity contribution in [3.63, 3.8) is 0 Å². The van der Waals surface area contributed by atoms with Gasteiger partial charge >= 0.3 is 0 Å². The Morgan fingerprint density at radius 1 is 1.21 bits per heavy atom. The van der Waals surface area contributed by atoms with Crippen LogP contribution in [-0.4, -0.2) is 35.2 Å². The minimum Gasteiger partial charge on any atom is -0.486 e. The topological polar surface area (TPSA) is 82.5 Å². The van der Waals surface area contributed by atoms with Crippen LogP contribution in [0, 0.1) is 0 Å². The number of hydrogen-bond acceptors (Lipinski definition) is 5. The Labute approximate surface area is 165 Å². The maximum absolute atomic E-state index is 12.4. The van der Waals surface area contributed by atoms with E-state index in [2.05, 4.69) is 10.3 Å². The molecule has 144 valence electrons. The summed E-state index contributed by atoms with van der Waals surface area (Å²) < 4.78 is 12.4. The van der Waals surface area contributed by atoms with Crippen molar-refractivity contribution in [2.45, 2.75) is 13.0 Å². The van der Waals surface area contributed by atoms with E-state index < -0.39 is 0 Å². The third kappa shape index (κ3) is 3.80. The number of aromatic nitrogens is 2. The van der Waals surface area contributed by atoms with Crippen LogP contribution in [0.3, 0.4) is 0 Å². The molecule has 0 spiro atoms. The molecule has 2 aromatic carbocycles. The number of carbonyl (C=O) groups excluding carboxylic acids is 1. The summed E-state index contributed by atoms with van der Waals surface area (Å²) in [7, 11) is 0. The van der Waals surface area contributed by atoms with E-state index in [1.54, 1.807) is 24.3 Å². The van der Waals surface area contributed by atoms with Gasteiger partial charge in [0.1, 0.15) is 19.8 Å². The number of benzene rings is 2. The first-order valence-electron chi connectivity index (χ1n) is 8.91. The first-order valence-corrected chi connectivity index (χ1v) is 9.28. The molecule has 0 aliphatic carbocycles. The summed E-state index contributed by atoms with van der Waals surface area (Å²) in [6.07, 6.45) is 1.97. The number of rotatable bonds is 5. The van der Waals surface area contributed by atoms with Gasteiger partial charge in [-0.2, -0.15) is 0 Å². The molecule has 1 amide bonds. The highest BCUT2D eigenvalue weighted by atomic mass is 35.5. The van der Waals surface area contributed by atoms with E-state index >= 15 is 0 Å². The smallest absolute Gasteiger partial charge is 0.261 e. The molecular formula is C20H18ClN3O4. The second kappa shape index (κ2) is 7.90. The lowest BCUT2D eigenvalue weighted by Gasteiger charge is -2.20. The van der Waals surface area contributed by atoms with Crippen molar-refractivity contribution in [1.82, 2.24) is 14.9 Å². The van der Waals surface area contributed by atoms with Crippen LogP contribution in [0.25, 0.3) is 10.9 Å². The second-order valence-electron chi connectivity index (χ2n) is 6.40. The van der Waals surface area contributed by atoms with Gasteiger partial charge in [0, 0.05) is 6.54 Å². The third-order valence-electron chi connectivity index (χ3n) is 4.44. The molecule has 0 atom stereocenters. The van der Waals surface area contributed by atoms with Gasteiger partial charge in [0.2, 0.25) is 5.91 Å². The van der Waals surface area contributed by atoms with Crippen molar-refractivity contribution in [2.75, 3.05) is 19.8 Å². The lowest BCUT2D eigenvalue weighted by Crippen LogP contribution is -2.33. The van der Waals surface area contributed by atoms with E-state index in [0.29, 0.717) is 53.6 Å². The molecule has 0 unspecified atom stereocenters. The van der Waals surface area contributed by atoms with E-state index in [1.165, 1.54) is 10.9 Å². The van der Waals surface area contributed by atoms with Crippen molar-refractivity contribution in [3.05, 3.63) is 63.7 Å². The first kappa shape index (κ1) is 18.3. The van der Waals surface area contributed by atoms with Crippen molar-refractivity contribution >= 4 is 28.4 Å². The predicted octanol–water partition coefficient (Wildman–Crippen LogP) is 2.18. The third-order valence-corrected chi connectivity index (χ3v) is 4.72. The molecule has 1 aliphatic rings. The number of carbonyl (C=O) groups is 1. The standard InChI is InChI=1S/C20H18ClN3O4/c21-15-9-13(10-17-19(15)28-8-7-27-17)5-6-22-18(25)11-24-12-23-16-4-2-1-3-14(16)20(24)26/h1-4,9-10,12H,5-8,11H2,(H,22,25). The predicted molar refractivity (Wildman–Crippen MR) is 105 cm³/mol. The fraction of sp³-hybridized carbons (Fsp3) is 0.250. The number of hydrogen-bond donors (Lipinski definition) is 1. The Morgan fingerprint density at radius 3 is 2.93 bits per heavy atom. The van der Waals surface area contributed by atoms with Gasteiger partial charge in [-0.05, 0) is 36.2 Å². The molecule has 1 aromatic heterocycles. The maximum atomic E-state index is 12.4. The Hall–Kier alpha value is -3.06. The van der Waals surface area contributed by atoms with Crippen LogP contribution in [0.4, 0.5) is 0 Å². The monoisotopic (exact) mass is 399 g/mol. The summed E-state index contributed by atoms with van der Waals surface area (Å²) in [5.41, 5.74) is 1.30. The molecule has 2 heterocycles. The Bertz CT molecular complexity index is 1100.